The van der Waals surface area contributed by atoms with E-state index >= 15 is 0 Å². The van der Waals surface area contributed by atoms with Gasteiger partial charge in [0.2, 0.25) is 0 Å². The van der Waals surface area contributed by atoms with Crippen molar-refractivity contribution >= 4 is 12.3 Å². The predicted molar refractivity (Wildman–Crippen MR) is 61.6 cm³/mol. The maximum Gasteiger partial charge on any atom is 0.154 e. The van der Waals surface area contributed by atoms with E-state index in [0.29, 0.717) is 0 Å². The molecule has 0 spiro atoms. The van der Waals surface area contributed by atoms with Crippen molar-refractivity contribution < 1.29 is 0 Å². The molecule has 0 unspecified atom stereocenters. The lowest BCUT2D eigenvalue weighted by atomic mass is 10.3. The van der Waals surface area contributed by atoms with E-state index in [1.54, 1.807) is 17.0 Å². The third-order valence-corrected chi connectivity index (χ3v) is 1.28. The Morgan fingerprint density at radius 3 is 2.64 bits per heavy atom. The first-order valence-electron chi connectivity index (χ1n) is 4.59. The largest absolute Gasteiger partial charge is 0.221 e. The van der Waals surface area contributed by atoms with Crippen LogP contribution in [0.25, 0.3) is 12.3 Å². The van der Waals surface area contributed by atoms with Gasteiger partial charge in [0.1, 0.15) is 6.33 Å². The van der Waals surface area contributed by atoms with E-state index in [4.69, 9.17) is 0 Å². The van der Waals surface area contributed by atoms with E-state index in [9.17, 15) is 0 Å². The molecule has 1 rings (SSSR count). The molecule has 3 nitrogen and oxygen atoms in total. The van der Waals surface area contributed by atoms with Gasteiger partial charge in [-0.3, -0.25) is 0 Å². The summed E-state index contributed by atoms with van der Waals surface area (Å²) in [6.07, 6.45) is 6.80. The van der Waals surface area contributed by atoms with E-state index in [-0.39, 0.29) is 0 Å². The molecule has 14 heavy (non-hydrogen) atoms. The second kappa shape index (κ2) is 6.83. The standard InChI is InChI=1S/C9H11N3.C2H6/c1-4-9-10-7-11-12(9)6-5-8(2)3;1-2/h4-7H,1-2H2,3H3;1-2H3/b6-5-;. The average Bonchev–Trinajstić information content (AvgIpc) is 2.65. The van der Waals surface area contributed by atoms with Crippen LogP contribution in [0, 0.1) is 0 Å². The zero-order valence-corrected chi connectivity index (χ0v) is 9.07. The Kier molecular flexibility index (Phi) is 6.03. The van der Waals surface area contributed by atoms with E-state index in [0.717, 1.165) is 11.4 Å². The van der Waals surface area contributed by atoms with Crippen molar-refractivity contribution in [1.29, 1.82) is 0 Å². The molecule has 0 amide bonds. The highest BCUT2D eigenvalue weighted by atomic mass is 15.3. The molecule has 0 N–H and O–H groups in total. The highest BCUT2D eigenvalue weighted by Crippen LogP contribution is 1.98. The molecule has 0 aliphatic heterocycles. The topological polar surface area (TPSA) is 30.7 Å². The van der Waals surface area contributed by atoms with Gasteiger partial charge in [-0.05, 0) is 19.1 Å². The van der Waals surface area contributed by atoms with Gasteiger partial charge >= 0.3 is 0 Å². The molecular weight excluding hydrogens is 174 g/mol. The fourth-order valence-electron chi connectivity index (χ4n) is 0.718. The minimum absolute atomic E-state index is 0.729. The van der Waals surface area contributed by atoms with Crippen LogP contribution in [0.5, 0.6) is 0 Å². The van der Waals surface area contributed by atoms with Gasteiger partial charge < -0.3 is 0 Å². The first kappa shape index (κ1) is 12.4. The van der Waals surface area contributed by atoms with Crippen molar-refractivity contribution in [3.8, 4) is 0 Å². The maximum atomic E-state index is 3.97. The molecule has 1 heterocycles. The van der Waals surface area contributed by atoms with Gasteiger partial charge in [0.25, 0.3) is 0 Å². The Hall–Kier alpha value is -1.64. The van der Waals surface area contributed by atoms with Crippen LogP contribution in [0.3, 0.4) is 0 Å². The van der Waals surface area contributed by atoms with Crippen molar-refractivity contribution in [3.05, 3.63) is 37.0 Å². The Morgan fingerprint density at radius 2 is 2.14 bits per heavy atom. The van der Waals surface area contributed by atoms with Crippen molar-refractivity contribution in [2.45, 2.75) is 20.8 Å². The minimum atomic E-state index is 0.729. The summed E-state index contributed by atoms with van der Waals surface area (Å²) < 4.78 is 1.64. The molecule has 0 saturated heterocycles. The van der Waals surface area contributed by atoms with Gasteiger partial charge in [0.05, 0.1) is 0 Å². The zero-order valence-electron chi connectivity index (χ0n) is 9.07. The van der Waals surface area contributed by atoms with E-state index < -0.39 is 0 Å². The van der Waals surface area contributed by atoms with E-state index in [1.165, 1.54) is 6.33 Å². The number of rotatable bonds is 3. The normalized spacial score (nSPS) is 9.36. The van der Waals surface area contributed by atoms with Crippen molar-refractivity contribution in [2.75, 3.05) is 0 Å². The molecular formula is C11H17N3. The average molecular weight is 191 g/mol. The fourth-order valence-corrected chi connectivity index (χ4v) is 0.718. The Bertz CT molecular complexity index is 321. The predicted octanol–water partition coefficient (Wildman–Crippen LogP) is 2.99. The summed E-state index contributed by atoms with van der Waals surface area (Å²) in [4.78, 5) is 3.97. The Morgan fingerprint density at radius 1 is 1.50 bits per heavy atom. The number of nitrogens with zero attached hydrogens (tertiary/aromatic N) is 3. The van der Waals surface area contributed by atoms with E-state index in [1.807, 2.05) is 26.8 Å². The minimum Gasteiger partial charge on any atom is -0.221 e. The van der Waals surface area contributed by atoms with Gasteiger partial charge in [-0.25, -0.2) is 9.67 Å². The lowest BCUT2D eigenvalue weighted by molar-refractivity contribution is 0.921. The summed E-state index contributed by atoms with van der Waals surface area (Å²) in [5.74, 6) is 0.729. The van der Waals surface area contributed by atoms with E-state index in [2.05, 4.69) is 23.2 Å². The lowest BCUT2D eigenvalue weighted by Gasteiger charge is -1.92. The fraction of sp³-hybridized carbons (Fsp3) is 0.273. The Balaban J connectivity index is 0.000000791. The molecule has 0 atom stereocenters. The summed E-state index contributed by atoms with van der Waals surface area (Å²) in [7, 11) is 0. The molecule has 0 aliphatic carbocycles. The highest BCUT2D eigenvalue weighted by Gasteiger charge is 1.93. The second-order valence-electron chi connectivity index (χ2n) is 2.43. The number of hydrogen-bond donors (Lipinski definition) is 0. The summed E-state index contributed by atoms with van der Waals surface area (Å²) in [6.45, 7) is 13.3. The molecule has 0 radical (unpaired) electrons. The van der Waals surface area contributed by atoms with Crippen LogP contribution >= 0.6 is 0 Å². The van der Waals surface area contributed by atoms with Crippen LogP contribution in [0.4, 0.5) is 0 Å². The molecule has 0 fully saturated rings. The van der Waals surface area contributed by atoms with Crippen LogP contribution in [-0.2, 0) is 0 Å². The van der Waals surface area contributed by atoms with Crippen molar-refractivity contribution in [2.24, 2.45) is 0 Å². The van der Waals surface area contributed by atoms with Crippen LogP contribution in [0.1, 0.15) is 26.6 Å². The summed E-state index contributed by atoms with van der Waals surface area (Å²) >= 11 is 0. The zero-order chi connectivity index (χ0) is 11.0. The second-order valence-corrected chi connectivity index (χ2v) is 2.43. The first-order valence-corrected chi connectivity index (χ1v) is 4.59. The smallest absolute Gasteiger partial charge is 0.154 e. The third kappa shape index (κ3) is 3.85. The quantitative estimate of drug-likeness (QED) is 0.688. The van der Waals surface area contributed by atoms with Gasteiger partial charge in [-0.2, -0.15) is 5.10 Å². The van der Waals surface area contributed by atoms with Gasteiger partial charge in [0.15, 0.2) is 5.82 Å². The molecule has 0 aliphatic rings. The van der Waals surface area contributed by atoms with Crippen molar-refractivity contribution in [1.82, 2.24) is 14.8 Å². The van der Waals surface area contributed by atoms with Gasteiger partial charge in [0, 0.05) is 6.20 Å². The maximum absolute atomic E-state index is 3.97. The molecule has 1 aromatic rings. The SMILES string of the molecule is C=Cc1ncnn1/C=C\C(=C)C.CC. The van der Waals surface area contributed by atoms with Gasteiger partial charge in [-0.15, -0.1) is 0 Å². The van der Waals surface area contributed by atoms with Crippen LogP contribution in [0.2, 0.25) is 0 Å². The van der Waals surface area contributed by atoms with Crippen molar-refractivity contribution in [3.63, 3.8) is 0 Å². The summed E-state index contributed by atoms with van der Waals surface area (Å²) in [6, 6.07) is 0. The first-order chi connectivity index (χ1) is 6.74. The summed E-state index contributed by atoms with van der Waals surface area (Å²) in [5, 5.41) is 3.97. The van der Waals surface area contributed by atoms with Crippen LogP contribution in [-0.4, -0.2) is 14.8 Å². The Labute approximate surface area is 85.5 Å². The number of hydrogen-bond acceptors (Lipinski definition) is 2. The van der Waals surface area contributed by atoms with Crippen LogP contribution in [0.15, 0.2) is 31.1 Å². The molecule has 1 aromatic heterocycles. The number of aromatic nitrogens is 3. The molecule has 0 bridgehead atoms. The monoisotopic (exact) mass is 191 g/mol. The molecule has 3 heteroatoms. The molecule has 76 valence electrons. The lowest BCUT2D eigenvalue weighted by Crippen LogP contribution is -1.91. The highest BCUT2D eigenvalue weighted by molar-refractivity contribution is 5.42. The number of allylic oxidation sites excluding steroid dienone is 2. The van der Waals surface area contributed by atoms with Gasteiger partial charge in [-0.1, -0.05) is 32.6 Å². The summed E-state index contributed by atoms with van der Waals surface area (Å²) in [5.41, 5.74) is 0.973. The molecule has 0 aromatic carbocycles. The van der Waals surface area contributed by atoms with Crippen LogP contribution < -0.4 is 0 Å². The third-order valence-electron chi connectivity index (χ3n) is 1.28. The molecule has 0 saturated carbocycles.